The van der Waals surface area contributed by atoms with Crippen molar-refractivity contribution in [3.8, 4) is 11.5 Å². The third-order valence-corrected chi connectivity index (χ3v) is 4.09. The van der Waals surface area contributed by atoms with Gasteiger partial charge in [-0.15, -0.1) is 0 Å². The lowest BCUT2D eigenvalue weighted by Crippen LogP contribution is -1.97. The zero-order valence-electron chi connectivity index (χ0n) is 16.1. The van der Waals surface area contributed by atoms with Gasteiger partial charge < -0.3 is 9.47 Å². The molecule has 0 saturated carbocycles. The Labute approximate surface area is 165 Å². The number of nitrogens with zero attached hydrogens (tertiary/aromatic N) is 3. The van der Waals surface area contributed by atoms with Crippen molar-refractivity contribution in [3.63, 3.8) is 0 Å². The molecule has 0 atom stereocenters. The van der Waals surface area contributed by atoms with Crippen LogP contribution < -0.4 is 9.47 Å². The summed E-state index contributed by atoms with van der Waals surface area (Å²) in [6, 6.07) is 21.3. The number of benzene rings is 2. The number of pyridine rings is 1. The van der Waals surface area contributed by atoms with Crippen molar-refractivity contribution in [3.05, 3.63) is 78.1 Å². The average Bonchev–Trinajstić information content (AvgIpc) is 2.75. The lowest BCUT2D eigenvalue weighted by atomic mass is 10.2. The molecule has 1 heterocycles. The quantitative estimate of drug-likeness (QED) is 0.523. The molecule has 142 valence electrons. The number of aromatic nitrogens is 1. The highest BCUT2D eigenvalue weighted by Gasteiger charge is 1.97. The van der Waals surface area contributed by atoms with Crippen LogP contribution in [-0.4, -0.2) is 31.6 Å². The molecule has 0 radical (unpaired) electrons. The van der Waals surface area contributed by atoms with Crippen molar-refractivity contribution in [1.29, 1.82) is 0 Å². The van der Waals surface area contributed by atoms with Gasteiger partial charge in [-0.1, -0.05) is 6.07 Å². The van der Waals surface area contributed by atoms with Crippen molar-refractivity contribution in [2.75, 3.05) is 14.2 Å². The molecule has 0 aliphatic carbocycles. The largest absolute Gasteiger partial charge is 0.497 e. The summed E-state index contributed by atoms with van der Waals surface area (Å²) in [5.41, 5.74) is 3.74. The van der Waals surface area contributed by atoms with Crippen LogP contribution in [0.5, 0.6) is 11.5 Å². The number of hydrogen-bond donors (Lipinski definition) is 0. The molecular weight excluding hydrogens is 350 g/mol. The third kappa shape index (κ3) is 5.77. The first-order valence-corrected chi connectivity index (χ1v) is 9.05. The predicted octanol–water partition coefficient (Wildman–Crippen LogP) is 4.99. The molecule has 0 aliphatic heterocycles. The van der Waals surface area contributed by atoms with E-state index in [0.717, 1.165) is 34.3 Å². The van der Waals surface area contributed by atoms with Gasteiger partial charge in [-0.3, -0.25) is 15.0 Å². The fraction of sp³-hybridized carbons (Fsp3) is 0.174. The van der Waals surface area contributed by atoms with Crippen LogP contribution in [0.15, 0.2) is 76.7 Å². The molecule has 0 amide bonds. The molecule has 1 aromatic heterocycles. The highest BCUT2D eigenvalue weighted by atomic mass is 16.5. The van der Waals surface area contributed by atoms with Crippen molar-refractivity contribution >= 4 is 23.8 Å². The van der Waals surface area contributed by atoms with E-state index in [9.17, 15) is 0 Å². The van der Waals surface area contributed by atoms with Crippen LogP contribution in [0, 0.1) is 0 Å². The number of aliphatic imine (C=N–C) groups is 2. The number of ether oxygens (including phenoxy) is 2. The fourth-order valence-electron chi connectivity index (χ4n) is 2.58. The van der Waals surface area contributed by atoms with Crippen molar-refractivity contribution < 1.29 is 9.47 Å². The van der Waals surface area contributed by atoms with Gasteiger partial charge in [-0.05, 0) is 60.7 Å². The topological polar surface area (TPSA) is 56.1 Å². The zero-order valence-corrected chi connectivity index (χ0v) is 16.1. The maximum absolute atomic E-state index is 5.15. The van der Waals surface area contributed by atoms with Gasteiger partial charge in [-0.25, -0.2) is 0 Å². The second-order valence-corrected chi connectivity index (χ2v) is 6.05. The van der Waals surface area contributed by atoms with Gasteiger partial charge >= 0.3 is 0 Å². The van der Waals surface area contributed by atoms with Gasteiger partial charge in [0.05, 0.1) is 25.6 Å². The highest BCUT2D eigenvalue weighted by Crippen LogP contribution is 2.18. The molecule has 3 aromatic rings. The smallest absolute Gasteiger partial charge is 0.119 e. The van der Waals surface area contributed by atoms with Gasteiger partial charge in [0.15, 0.2) is 0 Å². The van der Waals surface area contributed by atoms with Crippen molar-refractivity contribution in [2.45, 2.75) is 12.8 Å². The first-order valence-electron chi connectivity index (χ1n) is 9.05. The van der Waals surface area contributed by atoms with Gasteiger partial charge in [0.1, 0.15) is 11.5 Å². The second-order valence-electron chi connectivity index (χ2n) is 6.05. The van der Waals surface area contributed by atoms with Crippen LogP contribution in [0.1, 0.15) is 11.4 Å². The molecule has 28 heavy (non-hydrogen) atoms. The summed E-state index contributed by atoms with van der Waals surface area (Å²) in [6.07, 6.45) is 5.10. The summed E-state index contributed by atoms with van der Waals surface area (Å²) in [5, 5.41) is 0. The van der Waals surface area contributed by atoms with E-state index in [-0.39, 0.29) is 0 Å². The molecule has 0 fully saturated rings. The first kappa shape index (κ1) is 19.3. The van der Waals surface area contributed by atoms with Crippen LogP contribution in [0.3, 0.4) is 0 Å². The van der Waals surface area contributed by atoms with Crippen LogP contribution in [0.25, 0.3) is 0 Å². The summed E-state index contributed by atoms with van der Waals surface area (Å²) >= 11 is 0. The minimum atomic E-state index is 0.676. The molecule has 0 aliphatic rings. The van der Waals surface area contributed by atoms with Crippen molar-refractivity contribution in [1.82, 2.24) is 4.98 Å². The normalized spacial score (nSPS) is 11.2. The average molecular weight is 373 g/mol. The van der Waals surface area contributed by atoms with Gasteiger partial charge in [0, 0.05) is 36.7 Å². The molecular formula is C23H23N3O2. The van der Waals surface area contributed by atoms with E-state index in [1.54, 1.807) is 14.2 Å². The van der Waals surface area contributed by atoms with E-state index < -0.39 is 0 Å². The number of methoxy groups -OCH3 is 2. The maximum atomic E-state index is 5.15. The minimum Gasteiger partial charge on any atom is -0.497 e. The Morgan fingerprint density at radius 1 is 0.679 bits per heavy atom. The van der Waals surface area contributed by atoms with Crippen molar-refractivity contribution in [2.24, 2.45) is 9.98 Å². The van der Waals surface area contributed by atoms with Crippen LogP contribution in [0.2, 0.25) is 0 Å². The van der Waals surface area contributed by atoms with E-state index in [2.05, 4.69) is 15.0 Å². The van der Waals surface area contributed by atoms with Gasteiger partial charge in [0.2, 0.25) is 0 Å². The molecule has 2 aromatic carbocycles. The molecule has 3 rings (SSSR count). The predicted molar refractivity (Wildman–Crippen MR) is 114 cm³/mol. The lowest BCUT2D eigenvalue weighted by molar-refractivity contribution is 0.415. The second kappa shape index (κ2) is 10.0. The molecule has 5 heteroatoms. The molecule has 0 N–H and O–H groups in total. The van der Waals surface area contributed by atoms with Gasteiger partial charge in [0.25, 0.3) is 0 Å². The summed E-state index contributed by atoms with van der Waals surface area (Å²) in [7, 11) is 3.30. The Morgan fingerprint density at radius 2 is 1.11 bits per heavy atom. The molecule has 5 nitrogen and oxygen atoms in total. The summed E-state index contributed by atoms with van der Waals surface area (Å²) in [4.78, 5) is 13.6. The molecule has 0 saturated heterocycles. The van der Waals surface area contributed by atoms with E-state index in [0.29, 0.717) is 12.8 Å². The highest BCUT2D eigenvalue weighted by molar-refractivity contribution is 5.67. The number of rotatable bonds is 8. The Hall–Kier alpha value is -3.47. The van der Waals surface area contributed by atoms with Crippen LogP contribution in [0.4, 0.5) is 11.4 Å². The Balaban J connectivity index is 1.55. The minimum absolute atomic E-state index is 0.676. The Bertz CT molecular complexity index is 858. The molecule has 0 unspecified atom stereocenters. The first-order chi connectivity index (χ1) is 13.8. The van der Waals surface area contributed by atoms with E-state index in [1.807, 2.05) is 79.2 Å². The van der Waals surface area contributed by atoms with Crippen LogP contribution >= 0.6 is 0 Å². The number of hydrogen-bond acceptors (Lipinski definition) is 5. The Kier molecular flexibility index (Phi) is 6.90. The summed E-state index contributed by atoms with van der Waals surface area (Å²) in [6.45, 7) is 0. The monoisotopic (exact) mass is 373 g/mol. The summed E-state index contributed by atoms with van der Waals surface area (Å²) in [5.74, 6) is 1.65. The lowest BCUT2D eigenvalue weighted by Gasteiger charge is -2.01. The molecule has 0 spiro atoms. The fourth-order valence-corrected chi connectivity index (χ4v) is 2.58. The maximum Gasteiger partial charge on any atom is 0.119 e. The van der Waals surface area contributed by atoms with E-state index in [4.69, 9.17) is 9.47 Å². The Morgan fingerprint density at radius 3 is 1.50 bits per heavy atom. The third-order valence-electron chi connectivity index (χ3n) is 4.09. The standard InChI is InChI=1S/C23H23N3O2/c1-27-22-10-6-18(7-11-22)24-16-14-20-4-3-5-21(26-20)15-17-25-19-8-12-23(28-2)13-9-19/h3-13,16-17H,14-15H2,1-2H3. The van der Waals surface area contributed by atoms with E-state index >= 15 is 0 Å². The summed E-state index contributed by atoms with van der Waals surface area (Å²) < 4.78 is 10.3. The van der Waals surface area contributed by atoms with Gasteiger partial charge in [-0.2, -0.15) is 0 Å². The van der Waals surface area contributed by atoms with E-state index in [1.165, 1.54) is 0 Å². The molecule has 0 bridgehead atoms. The zero-order chi connectivity index (χ0) is 19.6. The SMILES string of the molecule is COc1ccc(N=CCc2cccc(CC=Nc3ccc(OC)cc3)n2)cc1. The van der Waals surface area contributed by atoms with Crippen LogP contribution in [-0.2, 0) is 12.8 Å².